The van der Waals surface area contributed by atoms with Crippen molar-refractivity contribution in [2.75, 3.05) is 33.9 Å². The fraction of sp³-hybridized carbons (Fsp3) is 0.407. The molecule has 0 aromatic heterocycles. The largest absolute Gasteiger partial charge is 0.507 e. The van der Waals surface area contributed by atoms with Gasteiger partial charge in [-0.05, 0) is 63.1 Å². The van der Waals surface area contributed by atoms with Crippen molar-refractivity contribution in [2.24, 2.45) is 5.92 Å². The van der Waals surface area contributed by atoms with E-state index in [0.29, 0.717) is 59.2 Å². The predicted molar refractivity (Wildman–Crippen MR) is 130 cm³/mol. The van der Waals surface area contributed by atoms with Crippen LogP contribution in [0.15, 0.2) is 30.0 Å². The van der Waals surface area contributed by atoms with Crippen LogP contribution < -0.4 is 14.2 Å². The van der Waals surface area contributed by atoms with E-state index in [2.05, 4.69) is 4.90 Å². The Morgan fingerprint density at radius 1 is 1.26 bits per heavy atom. The number of ether oxygens (including phenoxy) is 4. The summed E-state index contributed by atoms with van der Waals surface area (Å²) < 4.78 is 22.0. The van der Waals surface area contributed by atoms with E-state index in [4.69, 9.17) is 18.9 Å². The number of Topliss-reactive ketones (excluding diaryl/α,β-unsaturated/α-hetero) is 1. The van der Waals surface area contributed by atoms with Crippen LogP contribution in [0.3, 0.4) is 0 Å². The molecule has 0 spiro atoms. The highest BCUT2D eigenvalue weighted by molar-refractivity contribution is 6.16. The fourth-order valence-corrected chi connectivity index (χ4v) is 4.69. The molecule has 1 unspecified atom stereocenters. The summed E-state index contributed by atoms with van der Waals surface area (Å²) in [4.78, 5) is 27.6. The van der Waals surface area contributed by atoms with Gasteiger partial charge in [0.15, 0.2) is 5.76 Å². The predicted octanol–water partition coefficient (Wildman–Crippen LogP) is 4.11. The number of likely N-dealkylation sites (tertiary alicyclic amines) is 1. The van der Waals surface area contributed by atoms with Crippen LogP contribution >= 0.6 is 0 Å². The summed E-state index contributed by atoms with van der Waals surface area (Å²) in [5.41, 5.74) is 2.28. The lowest BCUT2D eigenvalue weighted by atomic mass is 9.96. The molecule has 4 rings (SSSR count). The fourth-order valence-electron chi connectivity index (χ4n) is 4.69. The number of methoxy groups -OCH3 is 2. The maximum Gasteiger partial charge on any atom is 0.310 e. The molecule has 2 heterocycles. The zero-order valence-corrected chi connectivity index (χ0v) is 20.6. The van der Waals surface area contributed by atoms with E-state index >= 15 is 0 Å². The van der Waals surface area contributed by atoms with Crippen molar-refractivity contribution in [3.8, 4) is 23.0 Å². The third-order valence-electron chi connectivity index (χ3n) is 6.46. The van der Waals surface area contributed by atoms with Gasteiger partial charge in [-0.15, -0.1) is 0 Å². The Morgan fingerprint density at radius 3 is 2.77 bits per heavy atom. The first-order chi connectivity index (χ1) is 16.9. The summed E-state index contributed by atoms with van der Waals surface area (Å²) in [6.45, 7) is 5.59. The quantitative estimate of drug-likeness (QED) is 0.466. The van der Waals surface area contributed by atoms with Crippen LogP contribution in [0.2, 0.25) is 0 Å². The number of carbonyl (C=O) groups excluding carboxylic acids is 2. The van der Waals surface area contributed by atoms with E-state index in [1.165, 1.54) is 0 Å². The number of hydrogen-bond donors (Lipinski definition) is 1. The van der Waals surface area contributed by atoms with Gasteiger partial charge in [0.1, 0.15) is 23.0 Å². The second kappa shape index (κ2) is 10.4. The average molecular weight is 482 g/mol. The smallest absolute Gasteiger partial charge is 0.310 e. The molecule has 0 amide bonds. The number of ketones is 1. The van der Waals surface area contributed by atoms with Gasteiger partial charge in [-0.1, -0.05) is 0 Å². The third-order valence-corrected chi connectivity index (χ3v) is 6.46. The van der Waals surface area contributed by atoms with E-state index in [-0.39, 0.29) is 29.2 Å². The standard InChI is InChI=1S/C27H31NO7/c1-5-34-27(31)18-7-6-10-28(14-18)15-20-21(29)11-16(2)24-25(30)23(35-26(20)24)12-17-8-9-19(32-3)13-22(17)33-4/h8-9,11-13,18,29H,5-7,10,14-15H2,1-4H3/b23-12-. The SMILES string of the molecule is CCOC(=O)C1CCCN(Cc2c(O)cc(C)c3c2O/C(=C\c2ccc(OC)cc2OC)C3=O)C1. The number of rotatable bonds is 7. The number of phenols is 1. The summed E-state index contributed by atoms with van der Waals surface area (Å²) in [6.07, 6.45) is 3.26. The molecule has 186 valence electrons. The molecular weight excluding hydrogens is 450 g/mol. The van der Waals surface area contributed by atoms with Crippen molar-refractivity contribution in [3.05, 3.63) is 52.3 Å². The van der Waals surface area contributed by atoms with E-state index in [9.17, 15) is 14.7 Å². The molecule has 2 aromatic carbocycles. The summed E-state index contributed by atoms with van der Waals surface area (Å²) in [6, 6.07) is 6.90. The molecule has 2 aliphatic heterocycles. The minimum absolute atomic E-state index is 0.0654. The first kappa shape index (κ1) is 24.6. The van der Waals surface area contributed by atoms with Gasteiger partial charge in [-0.25, -0.2) is 0 Å². The number of fused-ring (bicyclic) bond motifs is 1. The number of allylic oxidation sites excluding steroid dienone is 1. The van der Waals surface area contributed by atoms with Gasteiger partial charge in [-0.2, -0.15) is 0 Å². The van der Waals surface area contributed by atoms with Crippen molar-refractivity contribution in [2.45, 2.75) is 33.2 Å². The van der Waals surface area contributed by atoms with Crippen molar-refractivity contribution in [3.63, 3.8) is 0 Å². The summed E-state index contributed by atoms with van der Waals surface area (Å²) in [5, 5.41) is 10.8. The molecule has 8 heteroatoms. The van der Waals surface area contributed by atoms with Crippen LogP contribution in [0.5, 0.6) is 23.0 Å². The number of phenolic OH excluding ortho intramolecular Hbond substituents is 1. The van der Waals surface area contributed by atoms with Gasteiger partial charge in [0.2, 0.25) is 5.78 Å². The first-order valence-electron chi connectivity index (χ1n) is 11.8. The van der Waals surface area contributed by atoms with E-state index in [1.54, 1.807) is 58.4 Å². The summed E-state index contributed by atoms with van der Waals surface area (Å²) in [5.74, 6) is 1.12. The molecule has 35 heavy (non-hydrogen) atoms. The maximum atomic E-state index is 13.3. The van der Waals surface area contributed by atoms with E-state index < -0.39 is 0 Å². The number of benzene rings is 2. The van der Waals surface area contributed by atoms with Gasteiger partial charge in [-0.3, -0.25) is 14.5 Å². The van der Waals surface area contributed by atoms with Gasteiger partial charge in [0, 0.05) is 24.7 Å². The normalized spacial score (nSPS) is 18.8. The lowest BCUT2D eigenvalue weighted by Gasteiger charge is -2.31. The maximum absolute atomic E-state index is 13.3. The van der Waals surface area contributed by atoms with E-state index in [0.717, 1.165) is 19.4 Å². The van der Waals surface area contributed by atoms with Gasteiger partial charge >= 0.3 is 5.97 Å². The Labute approximate surface area is 205 Å². The molecule has 1 saturated heterocycles. The Balaban J connectivity index is 1.63. The number of aryl methyl sites for hydroxylation is 1. The van der Waals surface area contributed by atoms with Crippen LogP contribution in [0, 0.1) is 12.8 Å². The number of aromatic hydroxyl groups is 1. The molecule has 1 atom stereocenters. The number of nitrogens with zero attached hydrogens (tertiary/aromatic N) is 1. The Morgan fingerprint density at radius 2 is 2.06 bits per heavy atom. The van der Waals surface area contributed by atoms with Crippen molar-refractivity contribution in [1.29, 1.82) is 0 Å². The first-order valence-corrected chi connectivity index (χ1v) is 11.8. The van der Waals surface area contributed by atoms with Crippen LogP contribution in [-0.2, 0) is 16.1 Å². The van der Waals surface area contributed by atoms with Crippen molar-refractivity contribution in [1.82, 2.24) is 4.90 Å². The van der Waals surface area contributed by atoms with Gasteiger partial charge in [0.05, 0.1) is 37.9 Å². The third kappa shape index (κ3) is 4.98. The Kier molecular flexibility index (Phi) is 7.31. The monoisotopic (exact) mass is 481 g/mol. The topological polar surface area (TPSA) is 94.5 Å². The molecule has 0 aliphatic carbocycles. The molecule has 8 nitrogen and oxygen atoms in total. The number of piperidine rings is 1. The zero-order chi connectivity index (χ0) is 25.1. The number of hydrogen-bond acceptors (Lipinski definition) is 8. The molecule has 0 saturated carbocycles. The average Bonchev–Trinajstić information content (AvgIpc) is 3.18. The minimum atomic E-state index is -0.250. The van der Waals surface area contributed by atoms with Crippen LogP contribution in [-0.4, -0.2) is 55.7 Å². The highest BCUT2D eigenvalue weighted by Crippen LogP contribution is 2.43. The molecule has 2 aromatic rings. The lowest BCUT2D eigenvalue weighted by Crippen LogP contribution is -2.39. The molecule has 1 N–H and O–H groups in total. The van der Waals surface area contributed by atoms with Crippen LogP contribution in [0.4, 0.5) is 0 Å². The summed E-state index contributed by atoms with van der Waals surface area (Å²) in [7, 11) is 3.12. The molecule has 0 radical (unpaired) electrons. The van der Waals surface area contributed by atoms with Crippen LogP contribution in [0.1, 0.15) is 46.8 Å². The zero-order valence-electron chi connectivity index (χ0n) is 20.6. The second-order valence-electron chi connectivity index (χ2n) is 8.77. The Bertz CT molecular complexity index is 1170. The number of carbonyl (C=O) groups is 2. The van der Waals surface area contributed by atoms with Crippen molar-refractivity contribution < 1.29 is 33.6 Å². The van der Waals surface area contributed by atoms with Gasteiger partial charge in [0.25, 0.3) is 0 Å². The van der Waals surface area contributed by atoms with Gasteiger partial charge < -0.3 is 24.1 Å². The molecule has 2 aliphatic rings. The lowest BCUT2D eigenvalue weighted by molar-refractivity contribution is -0.150. The minimum Gasteiger partial charge on any atom is -0.507 e. The van der Waals surface area contributed by atoms with E-state index in [1.807, 2.05) is 0 Å². The molecule has 0 bridgehead atoms. The second-order valence-corrected chi connectivity index (χ2v) is 8.77. The molecule has 1 fully saturated rings. The number of esters is 1. The highest BCUT2D eigenvalue weighted by atomic mass is 16.5. The highest BCUT2D eigenvalue weighted by Gasteiger charge is 2.35. The van der Waals surface area contributed by atoms with Crippen molar-refractivity contribution >= 4 is 17.8 Å². The Hall–Kier alpha value is -3.52. The molecular formula is C27H31NO7. The van der Waals surface area contributed by atoms with Crippen LogP contribution in [0.25, 0.3) is 6.08 Å². The summed E-state index contributed by atoms with van der Waals surface area (Å²) >= 11 is 0.